The van der Waals surface area contributed by atoms with Gasteiger partial charge in [0.1, 0.15) is 45.0 Å². The molecule has 1 saturated heterocycles. The van der Waals surface area contributed by atoms with Crippen LogP contribution in [0.1, 0.15) is 37.3 Å². The highest BCUT2D eigenvalue weighted by molar-refractivity contribution is 4.99. The molecule has 23 heavy (non-hydrogen) atoms. The molecule has 2 aromatic heterocycles. The zero-order valence-corrected chi connectivity index (χ0v) is 13.6. The van der Waals surface area contributed by atoms with E-state index in [9.17, 15) is 0 Å². The molecule has 4 rings (SSSR count). The van der Waals surface area contributed by atoms with Crippen LogP contribution < -0.4 is 9.80 Å². The first kappa shape index (κ1) is 14.8. The van der Waals surface area contributed by atoms with E-state index in [0.717, 1.165) is 24.2 Å². The van der Waals surface area contributed by atoms with Gasteiger partial charge in [-0.2, -0.15) is 0 Å². The van der Waals surface area contributed by atoms with Gasteiger partial charge in [-0.05, 0) is 48.2 Å². The van der Waals surface area contributed by atoms with Crippen molar-refractivity contribution in [1.82, 2.24) is 20.2 Å². The van der Waals surface area contributed by atoms with Gasteiger partial charge in [-0.25, -0.2) is 4.68 Å². The van der Waals surface area contributed by atoms with Gasteiger partial charge in [0, 0.05) is 0 Å². The Morgan fingerprint density at radius 2 is 2.00 bits per heavy atom. The smallest absolute Gasteiger partial charge is 0.206 e. The van der Waals surface area contributed by atoms with E-state index >= 15 is 0 Å². The summed E-state index contributed by atoms with van der Waals surface area (Å²) in [5.41, 5.74) is 0. The van der Waals surface area contributed by atoms with Crippen molar-refractivity contribution in [3.8, 4) is 0 Å². The number of nitrogens with zero attached hydrogens (tertiary/aromatic N) is 4. The van der Waals surface area contributed by atoms with E-state index in [4.69, 9.17) is 4.42 Å². The van der Waals surface area contributed by atoms with E-state index < -0.39 is 0 Å². The SMILES string of the molecule is c1coc(Cn2nnnc2C[NH+]2CC[NH+](C3CCCC3)CC2)c1. The molecule has 2 N–H and O–H groups in total. The topological polar surface area (TPSA) is 65.6 Å². The quantitative estimate of drug-likeness (QED) is 0.707. The Morgan fingerprint density at radius 1 is 1.17 bits per heavy atom. The van der Waals surface area contributed by atoms with Crippen LogP contribution in [0.5, 0.6) is 0 Å². The van der Waals surface area contributed by atoms with Crippen molar-refractivity contribution >= 4 is 0 Å². The highest BCUT2D eigenvalue weighted by atomic mass is 16.3. The number of quaternary nitrogens is 2. The van der Waals surface area contributed by atoms with Crippen LogP contribution in [0.15, 0.2) is 22.8 Å². The summed E-state index contributed by atoms with van der Waals surface area (Å²) in [4.78, 5) is 3.43. The molecule has 0 spiro atoms. The molecule has 0 radical (unpaired) electrons. The van der Waals surface area contributed by atoms with Crippen molar-refractivity contribution in [3.05, 3.63) is 30.0 Å². The minimum atomic E-state index is 0.613. The van der Waals surface area contributed by atoms with Gasteiger partial charge in [0.2, 0.25) is 5.82 Å². The lowest BCUT2D eigenvalue weighted by Gasteiger charge is -2.32. The first-order chi connectivity index (χ1) is 11.4. The number of hydrogen-bond donors (Lipinski definition) is 2. The van der Waals surface area contributed by atoms with E-state index in [2.05, 4.69) is 15.5 Å². The molecular formula is C16H26N6O+2. The molecule has 124 valence electrons. The summed E-state index contributed by atoms with van der Waals surface area (Å²) >= 11 is 0. The molecule has 2 aliphatic rings. The summed E-state index contributed by atoms with van der Waals surface area (Å²) in [5, 5.41) is 12.2. The normalized spacial score (nSPS) is 25.9. The summed E-state index contributed by atoms with van der Waals surface area (Å²) in [7, 11) is 0. The Hall–Kier alpha value is -1.73. The molecule has 0 unspecified atom stereocenters. The molecule has 0 aromatic carbocycles. The number of hydrogen-bond acceptors (Lipinski definition) is 4. The van der Waals surface area contributed by atoms with Crippen LogP contribution in [0.4, 0.5) is 0 Å². The van der Waals surface area contributed by atoms with E-state index in [1.54, 1.807) is 11.2 Å². The van der Waals surface area contributed by atoms with Gasteiger partial charge in [0.15, 0.2) is 0 Å². The van der Waals surface area contributed by atoms with Gasteiger partial charge in [-0.1, -0.05) is 0 Å². The maximum absolute atomic E-state index is 5.40. The van der Waals surface area contributed by atoms with Crippen molar-refractivity contribution in [2.45, 2.75) is 44.8 Å². The van der Waals surface area contributed by atoms with E-state index in [-0.39, 0.29) is 0 Å². The maximum atomic E-state index is 5.40. The van der Waals surface area contributed by atoms with Crippen LogP contribution in [0, 0.1) is 0 Å². The summed E-state index contributed by atoms with van der Waals surface area (Å²) in [6.07, 6.45) is 7.44. The van der Waals surface area contributed by atoms with Crippen LogP contribution in [0.3, 0.4) is 0 Å². The van der Waals surface area contributed by atoms with E-state index in [1.807, 2.05) is 21.7 Å². The summed E-state index contributed by atoms with van der Waals surface area (Å²) in [6.45, 7) is 6.55. The number of piperazine rings is 1. The van der Waals surface area contributed by atoms with E-state index in [1.165, 1.54) is 51.9 Å². The van der Waals surface area contributed by atoms with Crippen molar-refractivity contribution in [1.29, 1.82) is 0 Å². The first-order valence-electron chi connectivity index (χ1n) is 8.84. The highest BCUT2D eigenvalue weighted by Gasteiger charge is 2.31. The fourth-order valence-electron chi connectivity index (χ4n) is 4.09. The summed E-state index contributed by atoms with van der Waals surface area (Å²) < 4.78 is 7.26. The second kappa shape index (κ2) is 6.80. The van der Waals surface area contributed by atoms with Gasteiger partial charge in [0.25, 0.3) is 0 Å². The average molecular weight is 318 g/mol. The maximum Gasteiger partial charge on any atom is 0.206 e. The third-order valence-electron chi connectivity index (χ3n) is 5.43. The Morgan fingerprint density at radius 3 is 2.74 bits per heavy atom. The Bertz CT molecular complexity index is 596. The second-order valence-corrected chi connectivity index (χ2v) is 6.90. The number of nitrogens with one attached hydrogen (secondary N) is 2. The number of tetrazole rings is 1. The van der Waals surface area contributed by atoms with Crippen LogP contribution in [-0.4, -0.2) is 52.4 Å². The first-order valence-corrected chi connectivity index (χ1v) is 8.84. The van der Waals surface area contributed by atoms with Gasteiger partial charge in [-0.15, -0.1) is 5.10 Å². The lowest BCUT2D eigenvalue weighted by Crippen LogP contribution is -3.29. The predicted octanol–water partition coefficient (Wildman–Crippen LogP) is -1.46. The minimum Gasteiger partial charge on any atom is -0.467 e. The van der Waals surface area contributed by atoms with Gasteiger partial charge in [-0.3, -0.25) is 0 Å². The summed E-state index contributed by atoms with van der Waals surface area (Å²) in [6, 6.07) is 4.79. The molecule has 0 amide bonds. The van der Waals surface area contributed by atoms with Gasteiger partial charge >= 0.3 is 0 Å². The molecular weight excluding hydrogens is 292 g/mol. The zero-order chi connectivity index (χ0) is 15.5. The van der Waals surface area contributed by atoms with Crippen LogP contribution >= 0.6 is 0 Å². The highest BCUT2D eigenvalue weighted by Crippen LogP contribution is 2.15. The number of rotatable bonds is 5. The molecule has 7 nitrogen and oxygen atoms in total. The summed E-state index contributed by atoms with van der Waals surface area (Å²) in [5.74, 6) is 1.85. The Kier molecular flexibility index (Phi) is 4.39. The number of aromatic nitrogens is 4. The second-order valence-electron chi connectivity index (χ2n) is 6.90. The molecule has 0 atom stereocenters. The van der Waals surface area contributed by atoms with Gasteiger partial charge < -0.3 is 14.2 Å². The van der Waals surface area contributed by atoms with Crippen LogP contribution in [0.25, 0.3) is 0 Å². The molecule has 1 aliphatic heterocycles. The Labute approximate surface area is 136 Å². The molecule has 0 bridgehead atoms. The van der Waals surface area contributed by atoms with E-state index in [0.29, 0.717) is 6.54 Å². The number of furan rings is 1. The minimum absolute atomic E-state index is 0.613. The van der Waals surface area contributed by atoms with Crippen LogP contribution in [-0.2, 0) is 13.1 Å². The fraction of sp³-hybridized carbons (Fsp3) is 0.688. The van der Waals surface area contributed by atoms with Crippen molar-refractivity contribution in [2.75, 3.05) is 26.2 Å². The predicted molar refractivity (Wildman–Crippen MR) is 83.0 cm³/mol. The van der Waals surface area contributed by atoms with Crippen molar-refractivity contribution in [3.63, 3.8) is 0 Å². The molecule has 2 aromatic rings. The molecule has 7 heteroatoms. The zero-order valence-electron chi connectivity index (χ0n) is 13.6. The largest absolute Gasteiger partial charge is 0.467 e. The van der Waals surface area contributed by atoms with Gasteiger partial charge in [0.05, 0.1) is 12.3 Å². The third kappa shape index (κ3) is 3.45. The molecule has 2 fully saturated rings. The molecule has 3 heterocycles. The lowest BCUT2D eigenvalue weighted by atomic mass is 10.2. The molecule has 1 aliphatic carbocycles. The van der Waals surface area contributed by atoms with Crippen LogP contribution in [0.2, 0.25) is 0 Å². The van der Waals surface area contributed by atoms with Crippen molar-refractivity contribution < 1.29 is 14.2 Å². The van der Waals surface area contributed by atoms with Crippen molar-refractivity contribution in [2.24, 2.45) is 0 Å². The molecule has 1 saturated carbocycles. The lowest BCUT2D eigenvalue weighted by molar-refractivity contribution is -1.03. The fourth-order valence-corrected chi connectivity index (χ4v) is 4.09. The standard InChI is InChI=1S/C16H24N6O/c1-2-5-14(4-1)21-9-7-20(8-10-21)13-16-17-18-19-22(16)12-15-6-3-11-23-15/h3,6,11,14H,1-2,4-5,7-10,12-13H2/p+2. The Balaban J connectivity index is 1.32. The monoisotopic (exact) mass is 318 g/mol. The average Bonchev–Trinajstić information content (AvgIpc) is 3.32. The third-order valence-corrected chi connectivity index (χ3v) is 5.43.